The average molecular weight is 287 g/mol. The molecule has 1 aromatic heterocycles. The predicted molar refractivity (Wildman–Crippen MR) is 80.0 cm³/mol. The topological polar surface area (TPSA) is 97.4 Å². The van der Waals surface area contributed by atoms with Crippen LogP contribution in [-0.4, -0.2) is 18.4 Å². The summed E-state index contributed by atoms with van der Waals surface area (Å²) in [6, 6.07) is 10.1. The minimum Gasteiger partial charge on any atom is -0.459 e. The van der Waals surface area contributed by atoms with Crippen LogP contribution >= 0.6 is 0 Å². The number of anilines is 2. The summed E-state index contributed by atoms with van der Waals surface area (Å²) in [6.07, 6.45) is 2.49. The highest BCUT2D eigenvalue weighted by atomic mass is 16.3. The largest absolute Gasteiger partial charge is 0.459 e. The van der Waals surface area contributed by atoms with Crippen LogP contribution in [0.4, 0.5) is 11.4 Å². The zero-order valence-corrected chi connectivity index (χ0v) is 11.5. The summed E-state index contributed by atoms with van der Waals surface area (Å²) in [5.41, 5.74) is 6.64. The summed E-state index contributed by atoms with van der Waals surface area (Å²) in [4.78, 5) is 23.3. The standard InChI is InChI=1S/C15H17N3O3/c16-9-1-4-14(19)17-11-5-7-12(8-6-11)18-15(20)13-3-2-10-21-13/h2-3,5-8,10H,1,4,9,16H2,(H,17,19)(H,18,20). The molecular formula is C15H17N3O3. The van der Waals surface area contributed by atoms with E-state index in [0.29, 0.717) is 30.8 Å². The van der Waals surface area contributed by atoms with E-state index in [0.717, 1.165) is 0 Å². The van der Waals surface area contributed by atoms with Crippen LogP contribution < -0.4 is 16.4 Å². The monoisotopic (exact) mass is 287 g/mol. The van der Waals surface area contributed by atoms with Crippen LogP contribution in [0.2, 0.25) is 0 Å². The number of hydrogen-bond donors (Lipinski definition) is 3. The van der Waals surface area contributed by atoms with Crippen molar-refractivity contribution < 1.29 is 14.0 Å². The van der Waals surface area contributed by atoms with Crippen LogP contribution in [-0.2, 0) is 4.79 Å². The second kappa shape index (κ2) is 7.25. The van der Waals surface area contributed by atoms with Crippen molar-refractivity contribution in [1.82, 2.24) is 0 Å². The van der Waals surface area contributed by atoms with Crippen molar-refractivity contribution in [3.63, 3.8) is 0 Å². The van der Waals surface area contributed by atoms with Gasteiger partial charge in [-0.25, -0.2) is 0 Å². The van der Waals surface area contributed by atoms with Gasteiger partial charge in [0.1, 0.15) is 0 Å². The summed E-state index contributed by atoms with van der Waals surface area (Å²) >= 11 is 0. The summed E-state index contributed by atoms with van der Waals surface area (Å²) in [5, 5.41) is 5.46. The number of furan rings is 1. The second-order valence-electron chi connectivity index (χ2n) is 4.45. The Morgan fingerprint density at radius 2 is 1.71 bits per heavy atom. The average Bonchev–Trinajstić information content (AvgIpc) is 3.01. The van der Waals surface area contributed by atoms with E-state index in [1.165, 1.54) is 6.26 Å². The van der Waals surface area contributed by atoms with Crippen molar-refractivity contribution in [3.05, 3.63) is 48.4 Å². The van der Waals surface area contributed by atoms with Gasteiger partial charge in [-0.15, -0.1) is 0 Å². The third-order valence-corrected chi connectivity index (χ3v) is 2.78. The number of nitrogens with one attached hydrogen (secondary N) is 2. The van der Waals surface area contributed by atoms with E-state index in [9.17, 15) is 9.59 Å². The zero-order chi connectivity index (χ0) is 15.1. The molecular weight excluding hydrogens is 270 g/mol. The lowest BCUT2D eigenvalue weighted by atomic mass is 10.2. The maximum Gasteiger partial charge on any atom is 0.291 e. The Kier molecular flexibility index (Phi) is 5.11. The second-order valence-corrected chi connectivity index (χ2v) is 4.45. The van der Waals surface area contributed by atoms with Gasteiger partial charge in [0, 0.05) is 17.8 Å². The molecule has 0 saturated heterocycles. The van der Waals surface area contributed by atoms with Gasteiger partial charge in [-0.1, -0.05) is 0 Å². The molecule has 0 aliphatic carbocycles. The zero-order valence-electron chi connectivity index (χ0n) is 11.5. The van der Waals surface area contributed by atoms with Gasteiger partial charge < -0.3 is 20.8 Å². The van der Waals surface area contributed by atoms with Crippen molar-refractivity contribution in [2.75, 3.05) is 17.2 Å². The van der Waals surface area contributed by atoms with Gasteiger partial charge >= 0.3 is 0 Å². The number of carbonyl (C=O) groups is 2. The number of carbonyl (C=O) groups excluding carboxylic acids is 2. The van der Waals surface area contributed by atoms with E-state index in [1.807, 2.05) is 0 Å². The van der Waals surface area contributed by atoms with Crippen LogP contribution in [0.15, 0.2) is 47.1 Å². The van der Waals surface area contributed by atoms with E-state index in [1.54, 1.807) is 36.4 Å². The van der Waals surface area contributed by atoms with E-state index >= 15 is 0 Å². The first kappa shape index (κ1) is 14.8. The van der Waals surface area contributed by atoms with Gasteiger partial charge in [0.05, 0.1) is 6.26 Å². The molecule has 0 aliphatic rings. The molecule has 1 aromatic carbocycles. The third kappa shape index (κ3) is 4.47. The predicted octanol–water partition coefficient (Wildman–Crippen LogP) is 2.21. The first-order chi connectivity index (χ1) is 10.2. The molecule has 0 radical (unpaired) electrons. The van der Waals surface area contributed by atoms with Gasteiger partial charge in [0.15, 0.2) is 5.76 Å². The third-order valence-electron chi connectivity index (χ3n) is 2.78. The maximum absolute atomic E-state index is 11.8. The molecule has 4 N–H and O–H groups in total. The molecule has 0 aliphatic heterocycles. The fraction of sp³-hybridized carbons (Fsp3) is 0.200. The lowest BCUT2D eigenvalue weighted by Gasteiger charge is -2.07. The Bertz CT molecular complexity index is 591. The number of benzene rings is 1. The number of rotatable bonds is 6. The highest BCUT2D eigenvalue weighted by Gasteiger charge is 2.08. The smallest absolute Gasteiger partial charge is 0.291 e. The maximum atomic E-state index is 11.8. The molecule has 0 atom stereocenters. The number of hydrogen-bond acceptors (Lipinski definition) is 4. The molecule has 2 amide bonds. The molecule has 6 heteroatoms. The summed E-state index contributed by atoms with van der Waals surface area (Å²) in [7, 11) is 0. The number of amides is 2. The minimum atomic E-state index is -0.320. The molecule has 0 bridgehead atoms. The lowest BCUT2D eigenvalue weighted by molar-refractivity contribution is -0.116. The molecule has 2 rings (SSSR count). The summed E-state index contributed by atoms with van der Waals surface area (Å²) in [6.45, 7) is 0.491. The van der Waals surface area contributed by atoms with Gasteiger partial charge in [-0.2, -0.15) is 0 Å². The molecule has 110 valence electrons. The van der Waals surface area contributed by atoms with Crippen molar-refractivity contribution in [2.24, 2.45) is 5.73 Å². The Labute approximate surface area is 122 Å². The van der Waals surface area contributed by atoms with Gasteiger partial charge in [-0.3, -0.25) is 9.59 Å². The highest BCUT2D eigenvalue weighted by molar-refractivity contribution is 6.02. The van der Waals surface area contributed by atoms with Crippen LogP contribution in [0.1, 0.15) is 23.4 Å². The Balaban J connectivity index is 1.90. The van der Waals surface area contributed by atoms with Crippen LogP contribution in [0, 0.1) is 0 Å². The van der Waals surface area contributed by atoms with Gasteiger partial charge in [0.2, 0.25) is 5.91 Å². The molecule has 0 unspecified atom stereocenters. The van der Waals surface area contributed by atoms with Crippen molar-refractivity contribution in [1.29, 1.82) is 0 Å². The summed E-state index contributed by atoms with van der Waals surface area (Å²) < 4.78 is 5.00. The Hall–Kier alpha value is -2.60. The van der Waals surface area contributed by atoms with Gasteiger partial charge in [-0.05, 0) is 49.4 Å². The lowest BCUT2D eigenvalue weighted by Crippen LogP contribution is -2.13. The van der Waals surface area contributed by atoms with Crippen LogP contribution in [0.3, 0.4) is 0 Å². The minimum absolute atomic E-state index is 0.0761. The van der Waals surface area contributed by atoms with E-state index in [-0.39, 0.29) is 17.6 Å². The van der Waals surface area contributed by atoms with Crippen molar-refractivity contribution >= 4 is 23.2 Å². The van der Waals surface area contributed by atoms with E-state index < -0.39 is 0 Å². The first-order valence-corrected chi connectivity index (χ1v) is 6.64. The van der Waals surface area contributed by atoms with Gasteiger partial charge in [0.25, 0.3) is 5.91 Å². The highest BCUT2D eigenvalue weighted by Crippen LogP contribution is 2.15. The van der Waals surface area contributed by atoms with E-state index in [4.69, 9.17) is 10.2 Å². The molecule has 2 aromatic rings. The van der Waals surface area contributed by atoms with E-state index in [2.05, 4.69) is 10.6 Å². The quantitative estimate of drug-likeness (QED) is 0.758. The molecule has 1 heterocycles. The Morgan fingerprint density at radius 3 is 2.29 bits per heavy atom. The molecule has 0 fully saturated rings. The SMILES string of the molecule is NCCCC(=O)Nc1ccc(NC(=O)c2ccco2)cc1. The van der Waals surface area contributed by atoms with Crippen LogP contribution in [0.25, 0.3) is 0 Å². The first-order valence-electron chi connectivity index (χ1n) is 6.64. The Morgan fingerprint density at radius 1 is 1.05 bits per heavy atom. The molecule has 0 saturated carbocycles. The number of nitrogens with two attached hydrogens (primary N) is 1. The molecule has 0 spiro atoms. The fourth-order valence-electron chi connectivity index (χ4n) is 1.72. The summed E-state index contributed by atoms with van der Waals surface area (Å²) in [5.74, 6) is -0.151. The van der Waals surface area contributed by atoms with Crippen molar-refractivity contribution in [3.8, 4) is 0 Å². The molecule has 6 nitrogen and oxygen atoms in total. The fourth-order valence-corrected chi connectivity index (χ4v) is 1.72. The van der Waals surface area contributed by atoms with Crippen molar-refractivity contribution in [2.45, 2.75) is 12.8 Å². The molecule has 21 heavy (non-hydrogen) atoms. The normalized spacial score (nSPS) is 10.1. The van der Waals surface area contributed by atoms with Crippen LogP contribution in [0.5, 0.6) is 0 Å².